The maximum atomic E-state index is 5.92. The summed E-state index contributed by atoms with van der Waals surface area (Å²) in [5.41, 5.74) is 8.35. The van der Waals surface area contributed by atoms with E-state index in [2.05, 4.69) is 51.0 Å². The van der Waals surface area contributed by atoms with Gasteiger partial charge in [0.05, 0.1) is 0 Å². The highest BCUT2D eigenvalue weighted by Gasteiger charge is 2.06. The van der Waals surface area contributed by atoms with Gasteiger partial charge in [0.25, 0.3) is 0 Å². The minimum Gasteiger partial charge on any atom is -0.346 e. The van der Waals surface area contributed by atoms with Gasteiger partial charge in [0.15, 0.2) is 0 Å². The average Bonchev–Trinajstić information content (AvgIpc) is 2.69. The van der Waals surface area contributed by atoms with Crippen molar-refractivity contribution in [3.05, 3.63) is 58.3 Å². The first-order valence-electron chi connectivity index (χ1n) is 5.32. The summed E-state index contributed by atoms with van der Waals surface area (Å²) in [5.74, 6) is 0. The van der Waals surface area contributed by atoms with E-state index in [1.54, 1.807) is 0 Å². The summed E-state index contributed by atoms with van der Waals surface area (Å²) in [5, 5.41) is 0. The third-order valence-electron chi connectivity index (χ3n) is 2.63. The normalized spacial score (nSPS) is 12.7. The molecule has 0 saturated carbocycles. The zero-order chi connectivity index (χ0) is 11.5. The van der Waals surface area contributed by atoms with Crippen LogP contribution in [0.3, 0.4) is 0 Å². The molecule has 0 aliphatic heterocycles. The van der Waals surface area contributed by atoms with Gasteiger partial charge in [-0.05, 0) is 30.7 Å². The Morgan fingerprint density at radius 2 is 2.00 bits per heavy atom. The standard InChI is InChI=1S/C13H15BrN2/c1-10(15)13-7-4-8-16(13)9-11-5-2-3-6-12(11)14/h2-8,10H,9,15H2,1H3. The van der Waals surface area contributed by atoms with Gasteiger partial charge in [0.2, 0.25) is 0 Å². The number of nitrogens with two attached hydrogens (primary N) is 1. The molecule has 2 nitrogen and oxygen atoms in total. The first-order chi connectivity index (χ1) is 7.68. The molecule has 0 amide bonds. The molecule has 2 rings (SSSR count). The Balaban J connectivity index is 2.27. The van der Waals surface area contributed by atoms with Crippen LogP contribution in [0.25, 0.3) is 0 Å². The molecule has 0 aliphatic rings. The summed E-state index contributed by atoms with van der Waals surface area (Å²) in [6, 6.07) is 12.4. The van der Waals surface area contributed by atoms with Gasteiger partial charge in [0.1, 0.15) is 0 Å². The first kappa shape index (κ1) is 11.4. The zero-order valence-corrected chi connectivity index (χ0v) is 10.8. The second-order valence-corrected chi connectivity index (χ2v) is 4.80. The minimum atomic E-state index is 0.0671. The topological polar surface area (TPSA) is 30.9 Å². The molecule has 2 N–H and O–H groups in total. The molecule has 0 aliphatic carbocycles. The zero-order valence-electron chi connectivity index (χ0n) is 9.23. The molecule has 2 aromatic rings. The van der Waals surface area contributed by atoms with Crippen molar-refractivity contribution < 1.29 is 0 Å². The highest BCUT2D eigenvalue weighted by atomic mass is 79.9. The molecule has 0 spiro atoms. The van der Waals surface area contributed by atoms with Gasteiger partial charge in [-0.2, -0.15) is 0 Å². The number of rotatable bonds is 3. The predicted molar refractivity (Wildman–Crippen MR) is 70.3 cm³/mol. The fourth-order valence-corrected chi connectivity index (χ4v) is 2.20. The van der Waals surface area contributed by atoms with Crippen LogP contribution >= 0.6 is 15.9 Å². The van der Waals surface area contributed by atoms with Crippen molar-refractivity contribution in [2.45, 2.75) is 19.5 Å². The third-order valence-corrected chi connectivity index (χ3v) is 3.40. The molecule has 0 bridgehead atoms. The second kappa shape index (κ2) is 4.85. The molecular weight excluding hydrogens is 264 g/mol. The third kappa shape index (κ3) is 2.36. The molecule has 0 fully saturated rings. The van der Waals surface area contributed by atoms with Gasteiger partial charge in [-0.3, -0.25) is 0 Å². The second-order valence-electron chi connectivity index (χ2n) is 3.94. The van der Waals surface area contributed by atoms with Crippen LogP contribution in [0.1, 0.15) is 24.2 Å². The number of hydrogen-bond donors (Lipinski definition) is 1. The summed E-state index contributed by atoms with van der Waals surface area (Å²) in [6.07, 6.45) is 2.07. The Morgan fingerprint density at radius 3 is 2.69 bits per heavy atom. The lowest BCUT2D eigenvalue weighted by Crippen LogP contribution is -2.12. The Labute approximate surface area is 104 Å². The molecule has 1 aromatic carbocycles. The van der Waals surface area contributed by atoms with Gasteiger partial charge in [-0.1, -0.05) is 34.1 Å². The predicted octanol–water partition coefficient (Wildman–Crippen LogP) is 3.32. The number of hydrogen-bond acceptors (Lipinski definition) is 1. The first-order valence-corrected chi connectivity index (χ1v) is 6.12. The Morgan fingerprint density at radius 1 is 1.25 bits per heavy atom. The molecule has 1 heterocycles. The number of benzene rings is 1. The maximum absolute atomic E-state index is 5.92. The smallest absolute Gasteiger partial charge is 0.0484 e. The lowest BCUT2D eigenvalue weighted by molar-refractivity contribution is 0.674. The number of nitrogens with zero attached hydrogens (tertiary/aromatic N) is 1. The van der Waals surface area contributed by atoms with Crippen molar-refractivity contribution in [3.8, 4) is 0 Å². The van der Waals surface area contributed by atoms with Crippen molar-refractivity contribution >= 4 is 15.9 Å². The van der Waals surface area contributed by atoms with Crippen LogP contribution in [0, 0.1) is 0 Å². The lowest BCUT2D eigenvalue weighted by atomic mass is 10.2. The molecule has 1 atom stereocenters. The molecule has 16 heavy (non-hydrogen) atoms. The van der Waals surface area contributed by atoms with E-state index >= 15 is 0 Å². The summed E-state index contributed by atoms with van der Waals surface area (Å²) >= 11 is 3.56. The highest BCUT2D eigenvalue weighted by Crippen LogP contribution is 2.19. The van der Waals surface area contributed by atoms with Crippen molar-refractivity contribution in [1.82, 2.24) is 4.57 Å². The highest BCUT2D eigenvalue weighted by molar-refractivity contribution is 9.10. The minimum absolute atomic E-state index is 0.0671. The van der Waals surface area contributed by atoms with Crippen LogP contribution in [0.4, 0.5) is 0 Å². The van der Waals surface area contributed by atoms with Crippen molar-refractivity contribution in [3.63, 3.8) is 0 Å². The van der Waals surface area contributed by atoms with Gasteiger partial charge >= 0.3 is 0 Å². The Bertz CT molecular complexity index is 474. The van der Waals surface area contributed by atoms with Crippen LogP contribution in [0.5, 0.6) is 0 Å². The van der Waals surface area contributed by atoms with Crippen LogP contribution < -0.4 is 5.73 Å². The molecule has 0 saturated heterocycles. The molecule has 84 valence electrons. The van der Waals surface area contributed by atoms with Crippen LogP contribution in [0.15, 0.2) is 47.1 Å². The van der Waals surface area contributed by atoms with Crippen molar-refractivity contribution in [2.75, 3.05) is 0 Å². The van der Waals surface area contributed by atoms with Crippen LogP contribution in [0.2, 0.25) is 0 Å². The fourth-order valence-electron chi connectivity index (χ4n) is 1.79. The molecule has 3 heteroatoms. The van der Waals surface area contributed by atoms with E-state index in [4.69, 9.17) is 5.73 Å². The molecule has 1 unspecified atom stereocenters. The van der Waals surface area contributed by atoms with Gasteiger partial charge in [0, 0.05) is 29.0 Å². The molecule has 1 aromatic heterocycles. The van der Waals surface area contributed by atoms with E-state index in [1.807, 2.05) is 19.1 Å². The molecule has 0 radical (unpaired) electrons. The quantitative estimate of drug-likeness (QED) is 0.918. The van der Waals surface area contributed by atoms with E-state index in [-0.39, 0.29) is 6.04 Å². The number of halogens is 1. The fraction of sp³-hybridized carbons (Fsp3) is 0.231. The Hall–Kier alpha value is -1.06. The SMILES string of the molecule is CC(N)c1cccn1Cc1ccccc1Br. The molecular formula is C13H15BrN2. The van der Waals surface area contributed by atoms with Crippen molar-refractivity contribution in [2.24, 2.45) is 5.73 Å². The van der Waals surface area contributed by atoms with E-state index < -0.39 is 0 Å². The number of aromatic nitrogens is 1. The van der Waals surface area contributed by atoms with Crippen LogP contribution in [-0.4, -0.2) is 4.57 Å². The van der Waals surface area contributed by atoms with Gasteiger partial charge < -0.3 is 10.3 Å². The Kier molecular flexibility index (Phi) is 3.46. The van der Waals surface area contributed by atoms with E-state index in [1.165, 1.54) is 5.56 Å². The largest absolute Gasteiger partial charge is 0.346 e. The summed E-state index contributed by atoms with van der Waals surface area (Å²) in [6.45, 7) is 2.86. The van der Waals surface area contributed by atoms with Gasteiger partial charge in [-0.25, -0.2) is 0 Å². The maximum Gasteiger partial charge on any atom is 0.0484 e. The average molecular weight is 279 g/mol. The van der Waals surface area contributed by atoms with E-state index in [0.29, 0.717) is 0 Å². The van der Waals surface area contributed by atoms with Gasteiger partial charge in [-0.15, -0.1) is 0 Å². The van der Waals surface area contributed by atoms with Crippen LogP contribution in [-0.2, 0) is 6.54 Å². The lowest BCUT2D eigenvalue weighted by Gasteiger charge is -2.12. The van der Waals surface area contributed by atoms with Crippen molar-refractivity contribution in [1.29, 1.82) is 0 Å². The summed E-state index contributed by atoms with van der Waals surface area (Å²) in [4.78, 5) is 0. The van der Waals surface area contributed by atoms with E-state index in [0.717, 1.165) is 16.7 Å². The summed E-state index contributed by atoms with van der Waals surface area (Å²) < 4.78 is 3.32. The summed E-state index contributed by atoms with van der Waals surface area (Å²) in [7, 11) is 0. The van der Waals surface area contributed by atoms with E-state index in [9.17, 15) is 0 Å². The monoisotopic (exact) mass is 278 g/mol.